The quantitative estimate of drug-likeness (QED) is 0.665. The van der Waals surface area contributed by atoms with Gasteiger partial charge in [0.05, 0.1) is 13.5 Å². The number of carbonyl (C=O) groups is 2. The Bertz CT molecular complexity index is 859. The molecule has 0 heterocycles. The number of hydrogen-bond donors (Lipinski definition) is 1. The molecule has 0 fully saturated rings. The number of rotatable bonds is 8. The topological polar surface area (TPSA) is 58.6 Å². The Labute approximate surface area is 184 Å². The third-order valence-corrected chi connectivity index (χ3v) is 4.88. The second kappa shape index (κ2) is 10.5. The van der Waals surface area contributed by atoms with Crippen LogP contribution in [-0.2, 0) is 22.6 Å². The van der Waals surface area contributed by atoms with Crippen molar-refractivity contribution >= 4 is 23.4 Å². The summed E-state index contributed by atoms with van der Waals surface area (Å²) in [5, 5.41) is 3.59. The normalized spacial score (nSPS) is 12.2. The molecular weight excluding hydrogens is 400 g/mol. The second-order valence-electron chi connectivity index (χ2n) is 8.34. The van der Waals surface area contributed by atoms with Crippen LogP contribution < -0.4 is 10.1 Å². The van der Waals surface area contributed by atoms with Crippen LogP contribution in [0.2, 0.25) is 5.02 Å². The van der Waals surface area contributed by atoms with Crippen LogP contribution >= 0.6 is 11.6 Å². The number of nitrogens with one attached hydrogen (secondary N) is 1. The highest BCUT2D eigenvalue weighted by Crippen LogP contribution is 2.19. The number of benzene rings is 2. The van der Waals surface area contributed by atoms with E-state index in [0.29, 0.717) is 18.0 Å². The first kappa shape index (κ1) is 23.7. The van der Waals surface area contributed by atoms with Crippen LogP contribution in [0.1, 0.15) is 45.2 Å². The van der Waals surface area contributed by atoms with Crippen LogP contribution in [0.3, 0.4) is 0 Å². The molecule has 0 spiro atoms. The zero-order chi connectivity index (χ0) is 22.3. The zero-order valence-electron chi connectivity index (χ0n) is 18.4. The predicted molar refractivity (Wildman–Crippen MR) is 121 cm³/mol. The molecule has 1 N–H and O–H groups in total. The van der Waals surface area contributed by atoms with E-state index in [1.54, 1.807) is 24.1 Å². The smallest absolute Gasteiger partial charge is 0.243 e. The summed E-state index contributed by atoms with van der Waals surface area (Å²) in [7, 11) is 1.61. The monoisotopic (exact) mass is 430 g/mol. The molecule has 0 aliphatic rings. The number of ether oxygens (including phenoxy) is 1. The minimum Gasteiger partial charge on any atom is -0.497 e. The average Bonchev–Trinajstić information content (AvgIpc) is 2.67. The van der Waals surface area contributed by atoms with E-state index >= 15 is 0 Å². The van der Waals surface area contributed by atoms with Crippen molar-refractivity contribution < 1.29 is 14.3 Å². The zero-order valence-corrected chi connectivity index (χ0v) is 19.1. The molecule has 0 saturated carbocycles. The van der Waals surface area contributed by atoms with Crippen molar-refractivity contribution in [1.29, 1.82) is 0 Å². The minimum absolute atomic E-state index is 0.121. The van der Waals surface area contributed by atoms with Gasteiger partial charge in [0.1, 0.15) is 11.8 Å². The van der Waals surface area contributed by atoms with Crippen molar-refractivity contribution in [3.63, 3.8) is 0 Å². The van der Waals surface area contributed by atoms with Gasteiger partial charge in [0.25, 0.3) is 0 Å². The third-order valence-electron chi connectivity index (χ3n) is 4.64. The summed E-state index contributed by atoms with van der Waals surface area (Å²) in [6.07, 6.45) is 0.690. The summed E-state index contributed by atoms with van der Waals surface area (Å²) in [6, 6.07) is 14.2. The van der Waals surface area contributed by atoms with Crippen LogP contribution in [0.5, 0.6) is 5.75 Å². The molecule has 2 amide bonds. The predicted octanol–water partition coefficient (Wildman–Crippen LogP) is 4.61. The summed E-state index contributed by atoms with van der Waals surface area (Å²) < 4.78 is 5.22. The highest BCUT2D eigenvalue weighted by molar-refractivity contribution is 6.30. The Balaban J connectivity index is 2.31. The van der Waals surface area contributed by atoms with Crippen molar-refractivity contribution in [2.75, 3.05) is 7.11 Å². The standard InChI is InChI=1S/C24H31ClN2O3/c1-6-21(23(29)26-24(2,3)4)27(16-17-10-12-20(30-5)13-11-17)22(28)15-18-8-7-9-19(25)14-18/h7-14,21H,6,15-16H2,1-5H3,(H,26,29)/t21-/m1/s1. The molecule has 0 unspecified atom stereocenters. The fourth-order valence-corrected chi connectivity index (χ4v) is 3.44. The van der Waals surface area contributed by atoms with E-state index < -0.39 is 6.04 Å². The number of amides is 2. The number of halogens is 1. The Morgan fingerprint density at radius 1 is 1.10 bits per heavy atom. The lowest BCUT2D eigenvalue weighted by atomic mass is 10.0. The van der Waals surface area contributed by atoms with Crippen molar-refractivity contribution in [1.82, 2.24) is 10.2 Å². The van der Waals surface area contributed by atoms with Crippen molar-refractivity contribution in [3.8, 4) is 5.75 Å². The van der Waals surface area contributed by atoms with Crippen molar-refractivity contribution in [2.24, 2.45) is 0 Å². The van der Waals surface area contributed by atoms with Crippen LogP contribution in [0.4, 0.5) is 0 Å². The van der Waals surface area contributed by atoms with E-state index in [1.807, 2.05) is 64.1 Å². The highest BCUT2D eigenvalue weighted by atomic mass is 35.5. The van der Waals surface area contributed by atoms with Crippen molar-refractivity contribution in [2.45, 2.75) is 58.7 Å². The second-order valence-corrected chi connectivity index (χ2v) is 8.78. The summed E-state index contributed by atoms with van der Waals surface area (Å²) in [6.45, 7) is 8.04. The summed E-state index contributed by atoms with van der Waals surface area (Å²) in [5.41, 5.74) is 1.36. The summed E-state index contributed by atoms with van der Waals surface area (Å²) in [4.78, 5) is 27.9. The third kappa shape index (κ3) is 7.06. The molecule has 1 atom stereocenters. The largest absolute Gasteiger partial charge is 0.497 e. The molecule has 6 heteroatoms. The number of nitrogens with zero attached hydrogens (tertiary/aromatic N) is 1. The Morgan fingerprint density at radius 2 is 1.77 bits per heavy atom. The first-order valence-corrected chi connectivity index (χ1v) is 10.5. The summed E-state index contributed by atoms with van der Waals surface area (Å²) in [5.74, 6) is 0.468. The van der Waals surface area contributed by atoms with Gasteiger partial charge in [-0.05, 0) is 62.6 Å². The first-order chi connectivity index (χ1) is 14.1. The highest BCUT2D eigenvalue weighted by Gasteiger charge is 2.30. The Morgan fingerprint density at radius 3 is 2.30 bits per heavy atom. The Hall–Kier alpha value is -2.53. The fourth-order valence-electron chi connectivity index (χ4n) is 3.22. The van der Waals surface area contributed by atoms with Gasteiger partial charge in [0.2, 0.25) is 11.8 Å². The van der Waals surface area contributed by atoms with Gasteiger partial charge in [-0.3, -0.25) is 9.59 Å². The van der Waals surface area contributed by atoms with Gasteiger partial charge in [-0.2, -0.15) is 0 Å². The van der Waals surface area contributed by atoms with Gasteiger partial charge in [-0.1, -0.05) is 42.8 Å². The number of methoxy groups -OCH3 is 1. The lowest BCUT2D eigenvalue weighted by Crippen LogP contribution is -2.53. The molecular formula is C24H31ClN2O3. The van der Waals surface area contributed by atoms with E-state index in [-0.39, 0.29) is 23.8 Å². The molecule has 0 aliphatic carbocycles. The molecule has 2 aromatic rings. The van der Waals surface area contributed by atoms with E-state index in [1.165, 1.54) is 0 Å². The van der Waals surface area contributed by atoms with Crippen LogP contribution in [0.25, 0.3) is 0 Å². The maximum atomic E-state index is 13.3. The first-order valence-electron chi connectivity index (χ1n) is 10.1. The molecule has 5 nitrogen and oxygen atoms in total. The van der Waals surface area contributed by atoms with Crippen molar-refractivity contribution in [3.05, 3.63) is 64.7 Å². The van der Waals surface area contributed by atoms with E-state index in [0.717, 1.165) is 16.9 Å². The maximum absolute atomic E-state index is 13.3. The number of hydrogen-bond acceptors (Lipinski definition) is 3. The van der Waals surface area contributed by atoms with Gasteiger partial charge < -0.3 is 15.0 Å². The van der Waals surface area contributed by atoms with E-state index in [9.17, 15) is 9.59 Å². The lowest BCUT2D eigenvalue weighted by molar-refractivity contribution is -0.141. The van der Waals surface area contributed by atoms with Gasteiger partial charge in [0, 0.05) is 17.1 Å². The molecule has 0 radical (unpaired) electrons. The molecule has 0 aromatic heterocycles. The van der Waals surface area contributed by atoms with E-state index in [4.69, 9.17) is 16.3 Å². The maximum Gasteiger partial charge on any atom is 0.243 e. The van der Waals surface area contributed by atoms with Crippen LogP contribution in [0.15, 0.2) is 48.5 Å². The average molecular weight is 431 g/mol. The molecule has 2 aromatic carbocycles. The number of carbonyl (C=O) groups excluding carboxylic acids is 2. The fraction of sp³-hybridized carbons (Fsp3) is 0.417. The lowest BCUT2D eigenvalue weighted by Gasteiger charge is -2.33. The molecule has 0 bridgehead atoms. The Kier molecular flexibility index (Phi) is 8.30. The molecule has 2 rings (SSSR count). The molecule has 0 saturated heterocycles. The molecule has 30 heavy (non-hydrogen) atoms. The van der Waals surface area contributed by atoms with Gasteiger partial charge in [-0.25, -0.2) is 0 Å². The summed E-state index contributed by atoms with van der Waals surface area (Å²) >= 11 is 6.08. The van der Waals surface area contributed by atoms with Crippen LogP contribution in [0, 0.1) is 0 Å². The van der Waals surface area contributed by atoms with Gasteiger partial charge in [0.15, 0.2) is 0 Å². The van der Waals surface area contributed by atoms with E-state index in [2.05, 4.69) is 5.32 Å². The minimum atomic E-state index is -0.571. The van der Waals surface area contributed by atoms with Gasteiger partial charge >= 0.3 is 0 Å². The van der Waals surface area contributed by atoms with Gasteiger partial charge in [-0.15, -0.1) is 0 Å². The molecule has 162 valence electrons. The molecule has 0 aliphatic heterocycles. The van der Waals surface area contributed by atoms with Crippen LogP contribution in [-0.4, -0.2) is 35.4 Å². The SMILES string of the molecule is CC[C@H](C(=O)NC(C)(C)C)N(Cc1ccc(OC)cc1)C(=O)Cc1cccc(Cl)c1.